The van der Waals surface area contributed by atoms with Crippen molar-refractivity contribution in [3.63, 3.8) is 0 Å². The zero-order chi connectivity index (χ0) is 22.3. The van der Waals surface area contributed by atoms with Gasteiger partial charge in [0.05, 0.1) is 10.6 Å². The number of hydrogen-bond donors (Lipinski definition) is 1. The number of anilines is 1. The van der Waals surface area contributed by atoms with E-state index in [0.717, 1.165) is 11.9 Å². The van der Waals surface area contributed by atoms with E-state index in [1.807, 2.05) is 51.1 Å². The van der Waals surface area contributed by atoms with Crippen LogP contribution in [0.15, 0.2) is 82.2 Å². The van der Waals surface area contributed by atoms with Crippen molar-refractivity contribution in [1.82, 2.24) is 9.97 Å². The van der Waals surface area contributed by atoms with Crippen LogP contribution in [0, 0.1) is 10.1 Å². The molecule has 0 fully saturated rings. The lowest BCUT2D eigenvalue weighted by Gasteiger charge is -2.20. The molecule has 2 heterocycles. The van der Waals surface area contributed by atoms with Crippen molar-refractivity contribution in [3.05, 3.63) is 82.7 Å². The van der Waals surface area contributed by atoms with Gasteiger partial charge in [-0.3, -0.25) is 15.5 Å². The molecular formula is C21H21N7O3. The van der Waals surface area contributed by atoms with E-state index in [1.165, 1.54) is 12.1 Å². The average molecular weight is 419 g/mol. The van der Waals surface area contributed by atoms with Gasteiger partial charge in [0.15, 0.2) is 5.82 Å². The van der Waals surface area contributed by atoms with Crippen LogP contribution in [0.25, 0.3) is 0 Å². The van der Waals surface area contributed by atoms with Crippen LogP contribution in [0.1, 0.15) is 26.5 Å². The normalized spacial score (nSPS) is 12.0. The molecule has 0 saturated heterocycles. The Morgan fingerprint density at radius 3 is 2.48 bits per heavy atom. The molecular weight excluding hydrogens is 398 g/mol. The van der Waals surface area contributed by atoms with E-state index in [1.54, 1.807) is 18.2 Å². The van der Waals surface area contributed by atoms with E-state index in [0.29, 0.717) is 11.6 Å². The highest BCUT2D eigenvalue weighted by Crippen LogP contribution is 2.18. The number of pyridine rings is 2. The van der Waals surface area contributed by atoms with Crippen molar-refractivity contribution < 1.29 is 9.66 Å². The zero-order valence-corrected chi connectivity index (χ0v) is 17.3. The van der Waals surface area contributed by atoms with Gasteiger partial charge in [0.2, 0.25) is 11.7 Å². The molecule has 158 valence electrons. The van der Waals surface area contributed by atoms with Gasteiger partial charge in [-0.2, -0.15) is 5.10 Å². The number of nitrogens with one attached hydrogen (secondary N) is 1. The summed E-state index contributed by atoms with van der Waals surface area (Å²) >= 11 is 0. The molecule has 1 aromatic carbocycles. The minimum atomic E-state index is -0.533. The minimum Gasteiger partial charge on any atom is -0.472 e. The van der Waals surface area contributed by atoms with Crippen molar-refractivity contribution in [2.24, 2.45) is 15.3 Å². The molecule has 2 aromatic heterocycles. The third kappa shape index (κ3) is 6.67. The Kier molecular flexibility index (Phi) is 6.61. The summed E-state index contributed by atoms with van der Waals surface area (Å²) in [5.41, 5.74) is 3.54. The molecule has 1 N–H and O–H groups in total. The highest BCUT2D eigenvalue weighted by Gasteiger charge is 2.14. The fourth-order valence-corrected chi connectivity index (χ4v) is 2.31. The van der Waals surface area contributed by atoms with Crippen molar-refractivity contribution in [1.29, 1.82) is 0 Å². The van der Waals surface area contributed by atoms with E-state index in [-0.39, 0.29) is 17.3 Å². The molecule has 0 atom stereocenters. The van der Waals surface area contributed by atoms with Crippen LogP contribution in [0.2, 0.25) is 0 Å². The first-order valence-corrected chi connectivity index (χ1v) is 9.37. The molecule has 0 spiro atoms. The van der Waals surface area contributed by atoms with E-state index >= 15 is 0 Å². The van der Waals surface area contributed by atoms with Crippen molar-refractivity contribution >= 4 is 23.0 Å². The molecule has 31 heavy (non-hydrogen) atoms. The van der Waals surface area contributed by atoms with E-state index in [4.69, 9.17) is 4.74 Å². The lowest BCUT2D eigenvalue weighted by Crippen LogP contribution is -2.23. The maximum atomic E-state index is 10.8. The number of benzene rings is 1. The molecule has 0 aliphatic heterocycles. The van der Waals surface area contributed by atoms with Crippen LogP contribution in [0.5, 0.6) is 5.88 Å². The Hall–Kier alpha value is -4.21. The Morgan fingerprint density at radius 1 is 1.06 bits per heavy atom. The molecule has 3 rings (SSSR count). The first-order valence-electron chi connectivity index (χ1n) is 9.37. The summed E-state index contributed by atoms with van der Waals surface area (Å²) in [5, 5.41) is 23.3. The highest BCUT2D eigenvalue weighted by molar-refractivity contribution is 5.98. The van der Waals surface area contributed by atoms with Crippen molar-refractivity contribution in [2.75, 3.05) is 5.43 Å². The van der Waals surface area contributed by atoms with Crippen LogP contribution in [0.4, 0.5) is 17.2 Å². The SMILES string of the molecule is CC(C)(C)Oc1cccc(C(N=Nc2ccc([N+](=O)[O-])cn2)=NNc2ccccc2)n1. The highest BCUT2D eigenvalue weighted by atomic mass is 16.6. The fourth-order valence-electron chi connectivity index (χ4n) is 2.31. The number of nitrogens with zero attached hydrogens (tertiary/aromatic N) is 6. The van der Waals surface area contributed by atoms with Crippen LogP contribution in [-0.4, -0.2) is 26.3 Å². The second-order valence-corrected chi connectivity index (χ2v) is 7.32. The van der Waals surface area contributed by atoms with Crippen LogP contribution < -0.4 is 10.2 Å². The zero-order valence-electron chi connectivity index (χ0n) is 17.3. The van der Waals surface area contributed by atoms with Gasteiger partial charge in [-0.05, 0) is 45.0 Å². The van der Waals surface area contributed by atoms with Crippen molar-refractivity contribution in [3.8, 4) is 5.88 Å². The van der Waals surface area contributed by atoms with E-state index in [9.17, 15) is 10.1 Å². The van der Waals surface area contributed by atoms with Gasteiger partial charge >= 0.3 is 0 Å². The molecule has 0 bridgehead atoms. The van der Waals surface area contributed by atoms with Crippen LogP contribution in [-0.2, 0) is 0 Å². The van der Waals surface area contributed by atoms with Gasteiger partial charge < -0.3 is 4.74 Å². The van der Waals surface area contributed by atoms with E-state index in [2.05, 4.69) is 30.7 Å². The second-order valence-electron chi connectivity index (χ2n) is 7.32. The molecule has 3 aromatic rings. The predicted molar refractivity (Wildman–Crippen MR) is 117 cm³/mol. The van der Waals surface area contributed by atoms with Gasteiger partial charge in [-0.25, -0.2) is 9.97 Å². The molecule has 0 unspecified atom stereocenters. The maximum Gasteiger partial charge on any atom is 0.287 e. The first kappa shape index (κ1) is 21.5. The summed E-state index contributed by atoms with van der Waals surface area (Å²) in [7, 11) is 0. The fraction of sp³-hybridized carbons (Fsp3) is 0.190. The largest absolute Gasteiger partial charge is 0.472 e. The Morgan fingerprint density at radius 2 is 1.84 bits per heavy atom. The number of azo groups is 1. The monoisotopic (exact) mass is 419 g/mol. The quantitative estimate of drug-likeness (QED) is 0.194. The van der Waals surface area contributed by atoms with E-state index < -0.39 is 10.5 Å². The summed E-state index contributed by atoms with van der Waals surface area (Å²) in [5.74, 6) is 0.796. The summed E-state index contributed by atoms with van der Waals surface area (Å²) in [4.78, 5) is 18.6. The molecule has 10 heteroatoms. The summed E-state index contributed by atoms with van der Waals surface area (Å²) in [6.45, 7) is 5.77. The first-order chi connectivity index (χ1) is 14.8. The third-order valence-electron chi connectivity index (χ3n) is 3.62. The number of hydrogen-bond acceptors (Lipinski definition) is 8. The molecule has 0 aliphatic rings. The molecule has 0 amide bonds. The van der Waals surface area contributed by atoms with Gasteiger partial charge in [-0.15, -0.1) is 10.2 Å². The minimum absolute atomic E-state index is 0.132. The lowest BCUT2D eigenvalue weighted by molar-refractivity contribution is -0.385. The molecule has 0 saturated carbocycles. The smallest absolute Gasteiger partial charge is 0.287 e. The van der Waals surface area contributed by atoms with Crippen LogP contribution in [0.3, 0.4) is 0 Å². The third-order valence-corrected chi connectivity index (χ3v) is 3.62. The summed E-state index contributed by atoms with van der Waals surface area (Å²) in [6, 6.07) is 17.3. The Bertz CT molecular complexity index is 1090. The number of nitro groups is 1. The van der Waals surface area contributed by atoms with Crippen LogP contribution >= 0.6 is 0 Å². The number of aromatic nitrogens is 2. The summed E-state index contributed by atoms with van der Waals surface area (Å²) < 4.78 is 5.82. The predicted octanol–water partition coefficient (Wildman–Crippen LogP) is 5.12. The lowest BCUT2D eigenvalue weighted by atomic mass is 10.2. The number of para-hydroxylation sites is 1. The number of hydrazone groups is 1. The topological polar surface area (TPSA) is 127 Å². The Labute approximate surface area is 178 Å². The standard InChI is InChI=1S/C21H21N7O3/c1-21(2,3)31-19-11-7-10-17(23-19)20(26-24-15-8-5-4-6-9-15)27-25-18-13-12-16(14-22-18)28(29)30/h4-14,24H,1-3H3. The van der Waals surface area contributed by atoms with Gasteiger partial charge in [0, 0.05) is 12.1 Å². The molecule has 0 aliphatic carbocycles. The molecule has 0 radical (unpaired) electrons. The van der Waals surface area contributed by atoms with Gasteiger partial charge in [0.25, 0.3) is 5.69 Å². The average Bonchev–Trinajstić information content (AvgIpc) is 2.74. The number of rotatable bonds is 6. The molecule has 10 nitrogen and oxygen atoms in total. The number of ether oxygens (including phenoxy) is 1. The van der Waals surface area contributed by atoms with Crippen molar-refractivity contribution in [2.45, 2.75) is 26.4 Å². The number of amidine groups is 1. The summed E-state index contributed by atoms with van der Waals surface area (Å²) in [6.07, 6.45) is 1.11. The van der Waals surface area contributed by atoms with Gasteiger partial charge in [0.1, 0.15) is 17.5 Å². The Balaban J connectivity index is 1.91. The van der Waals surface area contributed by atoms with Gasteiger partial charge in [-0.1, -0.05) is 24.3 Å². The second kappa shape index (κ2) is 9.53. The maximum absolute atomic E-state index is 10.8.